The molecule has 0 aliphatic heterocycles. The van der Waals surface area contributed by atoms with Crippen molar-refractivity contribution in [1.82, 2.24) is 4.57 Å². The molecule has 0 saturated carbocycles. The predicted molar refractivity (Wildman–Crippen MR) is 84.8 cm³/mol. The minimum absolute atomic E-state index is 0.0149. The molecule has 1 heterocycles. The van der Waals surface area contributed by atoms with Gasteiger partial charge < -0.3 is 14.4 Å². The molecule has 0 aliphatic carbocycles. The van der Waals surface area contributed by atoms with Crippen LogP contribution in [0.4, 0.5) is 5.69 Å². The number of pyridine rings is 1. The molecule has 7 nitrogen and oxygen atoms in total. The number of hydrogen-bond donors (Lipinski definition) is 1. The maximum atomic E-state index is 11.9. The normalized spacial score (nSPS) is 12.0. The number of para-hydroxylation sites is 1. The summed E-state index contributed by atoms with van der Waals surface area (Å²) in [6, 6.07) is 8.56. The second-order valence-electron chi connectivity index (χ2n) is 5.32. The zero-order valence-electron chi connectivity index (χ0n) is 12.9. The van der Waals surface area contributed by atoms with Gasteiger partial charge in [-0.25, -0.2) is 0 Å². The Bertz CT molecular complexity index is 769. The van der Waals surface area contributed by atoms with E-state index in [1.54, 1.807) is 6.07 Å². The van der Waals surface area contributed by atoms with E-state index < -0.39 is 16.6 Å². The number of aliphatic hydroxyl groups is 1. The van der Waals surface area contributed by atoms with Crippen LogP contribution in [0, 0.1) is 24.0 Å². The number of hydrogen-bond acceptors (Lipinski definition) is 5. The molecule has 122 valence electrons. The topological polar surface area (TPSA) is 94.6 Å². The molecule has 0 bridgehead atoms. The molecule has 0 amide bonds. The van der Waals surface area contributed by atoms with Crippen LogP contribution in [0.5, 0.6) is 5.75 Å². The number of nitrogens with zero attached hydrogens (tertiary/aromatic N) is 2. The number of ether oxygens (including phenoxy) is 1. The summed E-state index contributed by atoms with van der Waals surface area (Å²) in [4.78, 5) is 22.2. The highest BCUT2D eigenvalue weighted by Crippen LogP contribution is 2.17. The Morgan fingerprint density at radius 2 is 2.00 bits per heavy atom. The van der Waals surface area contributed by atoms with Crippen molar-refractivity contribution in [3.63, 3.8) is 0 Å². The highest BCUT2D eigenvalue weighted by molar-refractivity contribution is 5.35. The fraction of sp³-hybridized carbons (Fsp3) is 0.312. The number of aliphatic hydroxyl groups excluding tert-OH is 1. The van der Waals surface area contributed by atoms with Gasteiger partial charge in [-0.3, -0.25) is 14.9 Å². The van der Waals surface area contributed by atoms with Crippen molar-refractivity contribution in [2.24, 2.45) is 0 Å². The molecule has 1 aromatic heterocycles. The van der Waals surface area contributed by atoms with E-state index in [0.717, 1.165) is 16.3 Å². The first-order valence-corrected chi connectivity index (χ1v) is 7.10. The first kappa shape index (κ1) is 16.7. The lowest BCUT2D eigenvalue weighted by molar-refractivity contribution is -0.386. The Hall–Kier alpha value is -2.67. The number of aryl methyl sites for hydroxylation is 2. The van der Waals surface area contributed by atoms with Gasteiger partial charge in [0, 0.05) is 11.6 Å². The number of rotatable bonds is 6. The third-order valence-electron chi connectivity index (χ3n) is 3.43. The molecule has 1 aromatic carbocycles. The highest BCUT2D eigenvalue weighted by Gasteiger charge is 2.15. The van der Waals surface area contributed by atoms with Gasteiger partial charge in [0.1, 0.15) is 18.5 Å². The standard InChI is InChI=1S/C16H18N2O5/c1-11-5-3-4-6-15(11)23-10-13(19)8-17-9-14(18(21)22)12(2)7-16(17)20/h3-7,9,13,19H,8,10H2,1-2H3. The molecule has 0 fully saturated rings. The Balaban J connectivity index is 2.07. The fourth-order valence-electron chi connectivity index (χ4n) is 2.17. The summed E-state index contributed by atoms with van der Waals surface area (Å²) < 4.78 is 6.63. The maximum Gasteiger partial charge on any atom is 0.288 e. The van der Waals surface area contributed by atoms with Gasteiger partial charge in [0.25, 0.3) is 11.2 Å². The van der Waals surface area contributed by atoms with E-state index in [1.165, 1.54) is 13.0 Å². The van der Waals surface area contributed by atoms with Gasteiger partial charge in [-0.15, -0.1) is 0 Å². The lowest BCUT2D eigenvalue weighted by atomic mass is 10.2. The molecule has 2 aromatic rings. The summed E-state index contributed by atoms with van der Waals surface area (Å²) in [5, 5.41) is 20.9. The second kappa shape index (κ2) is 7.06. The van der Waals surface area contributed by atoms with Crippen LogP contribution in [0.1, 0.15) is 11.1 Å². The van der Waals surface area contributed by atoms with Crippen LogP contribution < -0.4 is 10.3 Å². The summed E-state index contributed by atoms with van der Waals surface area (Å²) in [5.74, 6) is 0.647. The molecule has 1 unspecified atom stereocenters. The summed E-state index contributed by atoms with van der Waals surface area (Å²) >= 11 is 0. The summed E-state index contributed by atoms with van der Waals surface area (Å²) in [6.45, 7) is 3.29. The van der Waals surface area contributed by atoms with Gasteiger partial charge in [0.15, 0.2) is 0 Å². The molecule has 0 saturated heterocycles. The highest BCUT2D eigenvalue weighted by atomic mass is 16.6. The van der Waals surface area contributed by atoms with Crippen LogP contribution in [0.2, 0.25) is 0 Å². The number of nitro groups is 1. The predicted octanol–water partition coefficient (Wildman–Crippen LogP) is 1.81. The maximum absolute atomic E-state index is 11.9. The van der Waals surface area contributed by atoms with Crippen LogP contribution in [-0.2, 0) is 6.54 Å². The van der Waals surface area contributed by atoms with Crippen LogP contribution in [-0.4, -0.2) is 27.3 Å². The average molecular weight is 318 g/mol. The quantitative estimate of drug-likeness (QED) is 0.647. The van der Waals surface area contributed by atoms with E-state index in [-0.39, 0.29) is 18.8 Å². The third kappa shape index (κ3) is 4.17. The molecule has 1 atom stereocenters. The lowest BCUT2D eigenvalue weighted by Crippen LogP contribution is -2.30. The number of aromatic nitrogens is 1. The van der Waals surface area contributed by atoms with E-state index in [9.17, 15) is 20.0 Å². The second-order valence-corrected chi connectivity index (χ2v) is 5.32. The minimum Gasteiger partial charge on any atom is -0.491 e. The van der Waals surface area contributed by atoms with Crippen LogP contribution in [0.15, 0.2) is 41.3 Å². The Labute approximate surface area is 132 Å². The van der Waals surface area contributed by atoms with Gasteiger partial charge in [-0.1, -0.05) is 18.2 Å². The third-order valence-corrected chi connectivity index (χ3v) is 3.43. The molecular weight excluding hydrogens is 300 g/mol. The fourth-order valence-corrected chi connectivity index (χ4v) is 2.17. The molecule has 0 aliphatic rings. The summed E-state index contributed by atoms with van der Waals surface area (Å²) in [5.41, 5.74) is 0.671. The molecule has 1 N–H and O–H groups in total. The molecule has 7 heteroatoms. The minimum atomic E-state index is -0.963. The van der Waals surface area contributed by atoms with Gasteiger partial charge in [-0.2, -0.15) is 0 Å². The largest absolute Gasteiger partial charge is 0.491 e. The van der Waals surface area contributed by atoms with E-state index in [4.69, 9.17) is 4.74 Å². The molecule has 0 spiro atoms. The van der Waals surface area contributed by atoms with E-state index in [2.05, 4.69) is 0 Å². The van der Waals surface area contributed by atoms with Crippen LogP contribution in [0.3, 0.4) is 0 Å². The van der Waals surface area contributed by atoms with Crippen molar-refractivity contribution in [3.05, 3.63) is 68.1 Å². The SMILES string of the molecule is Cc1ccccc1OCC(O)Cn1cc([N+](=O)[O-])c(C)cc1=O. The zero-order chi connectivity index (χ0) is 17.0. The first-order valence-electron chi connectivity index (χ1n) is 7.10. The molecule has 23 heavy (non-hydrogen) atoms. The lowest BCUT2D eigenvalue weighted by Gasteiger charge is -2.15. The van der Waals surface area contributed by atoms with Crippen molar-refractivity contribution >= 4 is 5.69 Å². The average Bonchev–Trinajstić information content (AvgIpc) is 2.49. The van der Waals surface area contributed by atoms with Crippen molar-refractivity contribution < 1.29 is 14.8 Å². The smallest absolute Gasteiger partial charge is 0.288 e. The number of benzene rings is 1. The summed E-state index contributed by atoms with van der Waals surface area (Å²) in [6.07, 6.45) is 0.184. The van der Waals surface area contributed by atoms with Crippen LogP contribution in [0.25, 0.3) is 0 Å². The van der Waals surface area contributed by atoms with Gasteiger partial charge in [0.05, 0.1) is 17.7 Å². The monoisotopic (exact) mass is 318 g/mol. The Kier molecular flexibility index (Phi) is 5.13. The van der Waals surface area contributed by atoms with Crippen molar-refractivity contribution in [3.8, 4) is 5.75 Å². The van der Waals surface area contributed by atoms with Crippen LogP contribution >= 0.6 is 0 Å². The van der Waals surface area contributed by atoms with Gasteiger partial charge in [-0.05, 0) is 25.5 Å². The van der Waals surface area contributed by atoms with E-state index >= 15 is 0 Å². The summed E-state index contributed by atoms with van der Waals surface area (Å²) in [7, 11) is 0. The van der Waals surface area contributed by atoms with Crippen molar-refractivity contribution in [1.29, 1.82) is 0 Å². The first-order chi connectivity index (χ1) is 10.9. The zero-order valence-corrected chi connectivity index (χ0v) is 12.9. The van der Waals surface area contributed by atoms with Crippen molar-refractivity contribution in [2.75, 3.05) is 6.61 Å². The van der Waals surface area contributed by atoms with E-state index in [0.29, 0.717) is 11.3 Å². The van der Waals surface area contributed by atoms with Gasteiger partial charge >= 0.3 is 0 Å². The Morgan fingerprint density at radius 3 is 2.65 bits per heavy atom. The van der Waals surface area contributed by atoms with Gasteiger partial charge in [0.2, 0.25) is 0 Å². The Morgan fingerprint density at radius 1 is 1.30 bits per heavy atom. The molecule has 0 radical (unpaired) electrons. The van der Waals surface area contributed by atoms with Crippen molar-refractivity contribution in [2.45, 2.75) is 26.5 Å². The molecular formula is C16H18N2O5. The molecule has 2 rings (SSSR count). The van der Waals surface area contributed by atoms with E-state index in [1.807, 2.05) is 25.1 Å².